The Hall–Kier alpha value is -2.16. The number of benzene rings is 1. The molecule has 1 N–H and O–H groups in total. The average molecular weight is 442 g/mol. The molecule has 0 spiro atoms. The number of aliphatic imine (C=N–C) groups is 1. The van der Waals surface area contributed by atoms with E-state index in [-0.39, 0.29) is 0 Å². The predicted molar refractivity (Wildman–Crippen MR) is 125 cm³/mol. The lowest BCUT2D eigenvalue weighted by Gasteiger charge is -2.42. The maximum atomic E-state index is 10.1. The highest BCUT2D eigenvalue weighted by atomic mass is 32.1. The molecule has 3 aliphatic rings. The van der Waals surface area contributed by atoms with Crippen molar-refractivity contribution in [3.8, 4) is 17.0 Å². The van der Waals surface area contributed by atoms with E-state index in [1.807, 2.05) is 20.2 Å². The van der Waals surface area contributed by atoms with Gasteiger partial charge in [0.1, 0.15) is 18.8 Å². The van der Waals surface area contributed by atoms with Crippen LogP contribution in [0.25, 0.3) is 11.3 Å². The number of likely N-dealkylation sites (tertiary alicyclic amines) is 1. The number of hydrogen-bond acceptors (Lipinski definition) is 8. The summed E-state index contributed by atoms with van der Waals surface area (Å²) in [7, 11) is 0. The minimum atomic E-state index is -0.651. The fourth-order valence-electron chi connectivity index (χ4n) is 4.56. The normalized spacial score (nSPS) is 19.3. The van der Waals surface area contributed by atoms with Gasteiger partial charge >= 0.3 is 0 Å². The van der Waals surface area contributed by atoms with E-state index >= 15 is 0 Å². The Bertz CT molecular complexity index is 990. The van der Waals surface area contributed by atoms with E-state index in [1.165, 1.54) is 10.4 Å². The van der Waals surface area contributed by atoms with Crippen LogP contribution in [-0.2, 0) is 6.42 Å². The summed E-state index contributed by atoms with van der Waals surface area (Å²) in [6.07, 6.45) is 2.78. The Morgan fingerprint density at radius 3 is 2.84 bits per heavy atom. The zero-order chi connectivity index (χ0) is 21.8. The van der Waals surface area contributed by atoms with Gasteiger partial charge in [0.2, 0.25) is 5.13 Å². The molecule has 0 bridgehead atoms. The zero-order valence-corrected chi connectivity index (χ0v) is 19.5. The molecular formula is C23H31N5O2S. The number of rotatable bonds is 5. The molecule has 4 heterocycles. The fraction of sp³-hybridized carbons (Fsp3) is 0.565. The second kappa shape index (κ2) is 7.76. The first-order valence-corrected chi connectivity index (χ1v) is 11.9. The van der Waals surface area contributed by atoms with Crippen molar-refractivity contribution in [2.45, 2.75) is 51.7 Å². The summed E-state index contributed by atoms with van der Waals surface area (Å²) >= 11 is 1.75. The van der Waals surface area contributed by atoms with Crippen LogP contribution in [0.3, 0.4) is 0 Å². The maximum absolute atomic E-state index is 10.1. The van der Waals surface area contributed by atoms with Crippen molar-refractivity contribution in [3.05, 3.63) is 28.6 Å². The van der Waals surface area contributed by atoms with Crippen LogP contribution in [0.4, 0.5) is 5.13 Å². The number of β-amino-alcohol motifs (C(OH)–C–C–N with tert-alkyl or cyclic N) is 1. The van der Waals surface area contributed by atoms with Crippen LogP contribution in [0.15, 0.2) is 23.2 Å². The molecule has 3 aliphatic heterocycles. The number of aromatic nitrogens is 1. The lowest BCUT2D eigenvalue weighted by molar-refractivity contribution is 0.00736. The summed E-state index contributed by atoms with van der Waals surface area (Å²) in [5.41, 5.74) is 2.83. The van der Waals surface area contributed by atoms with Crippen LogP contribution in [0.5, 0.6) is 5.75 Å². The number of thiazole rings is 1. The molecular weight excluding hydrogens is 410 g/mol. The van der Waals surface area contributed by atoms with E-state index in [2.05, 4.69) is 52.0 Å². The van der Waals surface area contributed by atoms with Gasteiger partial charge in [0.05, 0.1) is 17.9 Å². The van der Waals surface area contributed by atoms with Crippen LogP contribution in [0.2, 0.25) is 0 Å². The molecule has 5 rings (SSSR count). The molecule has 1 fully saturated rings. The van der Waals surface area contributed by atoms with Gasteiger partial charge in [-0.05, 0) is 45.4 Å². The molecule has 1 aromatic heterocycles. The van der Waals surface area contributed by atoms with Crippen molar-refractivity contribution in [1.82, 2.24) is 14.9 Å². The third-order valence-corrected chi connectivity index (χ3v) is 7.14. The SMILES string of the molecule is CC(C)N1C=NCN1c1nc2c(s1)CCOc1ccc(C3CN(CC(C)(C)O)C3)cc1-2. The lowest BCUT2D eigenvalue weighted by Crippen LogP contribution is -2.50. The summed E-state index contributed by atoms with van der Waals surface area (Å²) in [5, 5.41) is 15.4. The maximum Gasteiger partial charge on any atom is 0.207 e. The largest absolute Gasteiger partial charge is 0.493 e. The van der Waals surface area contributed by atoms with E-state index < -0.39 is 5.60 Å². The molecule has 166 valence electrons. The van der Waals surface area contributed by atoms with Crippen molar-refractivity contribution >= 4 is 22.8 Å². The van der Waals surface area contributed by atoms with Gasteiger partial charge in [-0.1, -0.05) is 17.4 Å². The summed E-state index contributed by atoms with van der Waals surface area (Å²) in [5.74, 6) is 1.41. The number of hydrogen-bond donors (Lipinski definition) is 1. The van der Waals surface area contributed by atoms with Gasteiger partial charge in [-0.3, -0.25) is 14.9 Å². The Labute approximate surface area is 187 Å². The van der Waals surface area contributed by atoms with E-state index in [0.717, 1.165) is 41.6 Å². The van der Waals surface area contributed by atoms with Crippen molar-refractivity contribution in [1.29, 1.82) is 0 Å². The highest BCUT2D eigenvalue weighted by Crippen LogP contribution is 2.42. The quantitative estimate of drug-likeness (QED) is 0.768. The Balaban J connectivity index is 1.41. The second-order valence-corrected chi connectivity index (χ2v) is 10.7. The molecule has 8 heteroatoms. The van der Waals surface area contributed by atoms with Gasteiger partial charge in [-0.2, -0.15) is 0 Å². The third-order valence-electron chi connectivity index (χ3n) is 6.01. The molecule has 0 amide bonds. The number of fused-ring (bicyclic) bond motifs is 3. The molecule has 0 radical (unpaired) electrons. The predicted octanol–water partition coefficient (Wildman–Crippen LogP) is 3.35. The van der Waals surface area contributed by atoms with Crippen LogP contribution >= 0.6 is 11.3 Å². The van der Waals surface area contributed by atoms with Crippen molar-refractivity contribution in [2.75, 3.05) is 37.9 Å². The number of ether oxygens (including phenoxy) is 1. The standard InChI is InChI=1S/C23H31N5O2S/c1-15(2)27-13-24-14-28(27)22-25-21-18-9-16(17-10-26(11-17)12-23(3,4)29)5-6-19(18)30-8-7-20(21)31-22/h5-6,9,13,15,17,29H,7-8,10-12,14H2,1-4H3. The Morgan fingerprint density at radius 1 is 1.29 bits per heavy atom. The number of aliphatic hydroxyl groups is 1. The highest BCUT2D eigenvalue weighted by Gasteiger charge is 2.33. The molecule has 1 saturated heterocycles. The van der Waals surface area contributed by atoms with Crippen LogP contribution in [0, 0.1) is 0 Å². The van der Waals surface area contributed by atoms with Crippen molar-refractivity contribution in [3.63, 3.8) is 0 Å². The minimum Gasteiger partial charge on any atom is -0.493 e. The molecule has 1 aromatic carbocycles. The summed E-state index contributed by atoms with van der Waals surface area (Å²) < 4.78 is 6.06. The van der Waals surface area contributed by atoms with Gasteiger partial charge in [0.25, 0.3) is 0 Å². The monoisotopic (exact) mass is 441 g/mol. The molecule has 0 unspecified atom stereocenters. The van der Waals surface area contributed by atoms with Gasteiger partial charge in [0.15, 0.2) is 0 Å². The van der Waals surface area contributed by atoms with Crippen LogP contribution < -0.4 is 9.75 Å². The molecule has 31 heavy (non-hydrogen) atoms. The van der Waals surface area contributed by atoms with E-state index in [0.29, 0.717) is 31.8 Å². The van der Waals surface area contributed by atoms with E-state index in [9.17, 15) is 5.11 Å². The van der Waals surface area contributed by atoms with Gasteiger partial charge in [-0.25, -0.2) is 9.99 Å². The smallest absolute Gasteiger partial charge is 0.207 e. The Kier molecular flexibility index (Phi) is 5.19. The number of hydrazine groups is 1. The van der Waals surface area contributed by atoms with Crippen LogP contribution in [0.1, 0.15) is 44.1 Å². The molecule has 0 saturated carbocycles. The first-order valence-electron chi connectivity index (χ1n) is 11.1. The van der Waals surface area contributed by atoms with Gasteiger partial charge in [0, 0.05) is 48.5 Å². The van der Waals surface area contributed by atoms with Crippen molar-refractivity contribution < 1.29 is 9.84 Å². The fourth-order valence-corrected chi connectivity index (χ4v) is 5.61. The molecule has 0 aliphatic carbocycles. The summed E-state index contributed by atoms with van der Waals surface area (Å²) in [6.45, 7) is 12.0. The summed E-state index contributed by atoms with van der Waals surface area (Å²) in [6, 6.07) is 6.91. The highest BCUT2D eigenvalue weighted by molar-refractivity contribution is 7.16. The molecule has 2 aromatic rings. The summed E-state index contributed by atoms with van der Waals surface area (Å²) in [4.78, 5) is 13.1. The third kappa shape index (κ3) is 4.04. The van der Waals surface area contributed by atoms with Crippen LogP contribution in [-0.4, -0.2) is 70.9 Å². The van der Waals surface area contributed by atoms with Crippen molar-refractivity contribution in [2.24, 2.45) is 4.99 Å². The second-order valence-electron chi connectivity index (χ2n) is 9.64. The van der Waals surface area contributed by atoms with E-state index in [4.69, 9.17) is 9.72 Å². The first-order chi connectivity index (χ1) is 14.8. The molecule has 0 atom stereocenters. The number of nitrogens with zero attached hydrogens (tertiary/aromatic N) is 5. The number of anilines is 1. The first kappa shape index (κ1) is 20.7. The lowest BCUT2D eigenvalue weighted by atomic mass is 9.88. The van der Waals surface area contributed by atoms with E-state index in [1.54, 1.807) is 11.3 Å². The van der Waals surface area contributed by atoms with Gasteiger partial charge in [-0.15, -0.1) is 0 Å². The molecule has 7 nitrogen and oxygen atoms in total. The van der Waals surface area contributed by atoms with Gasteiger partial charge < -0.3 is 9.84 Å². The topological polar surface area (TPSA) is 64.4 Å². The minimum absolute atomic E-state index is 0.336. The average Bonchev–Trinajstić information content (AvgIpc) is 3.28. The zero-order valence-electron chi connectivity index (χ0n) is 18.7. The Morgan fingerprint density at radius 2 is 2.10 bits per heavy atom.